The van der Waals surface area contributed by atoms with E-state index < -0.39 is 0 Å². The lowest BCUT2D eigenvalue weighted by Crippen LogP contribution is -2.44. The summed E-state index contributed by atoms with van der Waals surface area (Å²) < 4.78 is 0. The normalized spacial score (nSPS) is 16.5. The number of carbonyl (C=O) groups is 2. The highest BCUT2D eigenvalue weighted by Crippen LogP contribution is 2.27. The highest BCUT2D eigenvalue weighted by molar-refractivity contribution is 5.94. The molecule has 2 aromatic carbocycles. The molecule has 0 saturated carbocycles. The van der Waals surface area contributed by atoms with Crippen LogP contribution in [0, 0.1) is 6.92 Å². The first-order valence-electron chi connectivity index (χ1n) is 10.0. The van der Waals surface area contributed by atoms with Crippen molar-refractivity contribution in [2.45, 2.75) is 39.2 Å². The Kier molecular flexibility index (Phi) is 6.69. The maximum atomic E-state index is 12.6. The first-order valence-corrected chi connectivity index (χ1v) is 10.0. The third-order valence-electron chi connectivity index (χ3n) is 5.19. The number of hydrogen-bond acceptors (Lipinski definition) is 2. The molecule has 0 radical (unpaired) electrons. The Hall–Kier alpha value is -2.82. The zero-order valence-corrected chi connectivity index (χ0v) is 16.7. The van der Waals surface area contributed by atoms with E-state index in [4.69, 9.17) is 0 Å². The smallest absolute Gasteiger partial charge is 0.317 e. The molecule has 2 N–H and O–H groups in total. The number of likely N-dealkylation sites (tertiary alicyclic amines) is 1. The Balaban J connectivity index is 1.64. The third-order valence-corrected chi connectivity index (χ3v) is 5.19. The van der Waals surface area contributed by atoms with E-state index in [0.29, 0.717) is 25.2 Å². The van der Waals surface area contributed by atoms with Crippen LogP contribution in [0.2, 0.25) is 0 Å². The molecule has 1 atom stereocenters. The summed E-state index contributed by atoms with van der Waals surface area (Å²) in [5.74, 6) is 0.195. The fraction of sp³-hybridized carbons (Fsp3) is 0.391. The quantitative estimate of drug-likeness (QED) is 0.829. The SMILES string of the molecule is CCNC(=O)N1CCC[C@H](c2cccc(C(=O)NCc3cccc(C)c3)c2)C1. The molecule has 3 amide bonds. The molecule has 1 heterocycles. The number of rotatable bonds is 5. The van der Waals surface area contributed by atoms with Crippen molar-refractivity contribution in [3.63, 3.8) is 0 Å². The van der Waals surface area contributed by atoms with Crippen LogP contribution in [0.3, 0.4) is 0 Å². The average Bonchev–Trinajstić information content (AvgIpc) is 2.72. The second-order valence-corrected chi connectivity index (χ2v) is 7.42. The van der Waals surface area contributed by atoms with Crippen molar-refractivity contribution in [3.8, 4) is 0 Å². The molecule has 1 aliphatic heterocycles. The molecule has 0 bridgehead atoms. The maximum Gasteiger partial charge on any atom is 0.317 e. The Morgan fingerprint density at radius 3 is 2.71 bits per heavy atom. The van der Waals surface area contributed by atoms with Gasteiger partial charge in [-0.05, 0) is 49.9 Å². The van der Waals surface area contributed by atoms with E-state index >= 15 is 0 Å². The Labute approximate surface area is 167 Å². The van der Waals surface area contributed by atoms with E-state index in [1.807, 2.05) is 55.1 Å². The van der Waals surface area contributed by atoms with E-state index in [-0.39, 0.29) is 17.9 Å². The number of nitrogens with zero attached hydrogens (tertiary/aromatic N) is 1. The van der Waals surface area contributed by atoms with Crippen LogP contribution in [0.1, 0.15) is 52.7 Å². The van der Waals surface area contributed by atoms with E-state index in [1.165, 1.54) is 5.56 Å². The summed E-state index contributed by atoms with van der Waals surface area (Å²) in [5, 5.41) is 5.88. The lowest BCUT2D eigenvalue weighted by Gasteiger charge is -2.33. The summed E-state index contributed by atoms with van der Waals surface area (Å²) in [5.41, 5.74) is 4.06. The molecule has 2 aromatic rings. The zero-order valence-electron chi connectivity index (χ0n) is 16.7. The maximum absolute atomic E-state index is 12.6. The first kappa shape index (κ1) is 19.9. The zero-order chi connectivity index (χ0) is 19.9. The van der Waals surface area contributed by atoms with Gasteiger partial charge in [0, 0.05) is 37.7 Å². The largest absolute Gasteiger partial charge is 0.348 e. The van der Waals surface area contributed by atoms with E-state index in [9.17, 15) is 9.59 Å². The van der Waals surface area contributed by atoms with Crippen molar-refractivity contribution in [2.24, 2.45) is 0 Å². The predicted molar refractivity (Wildman–Crippen MR) is 111 cm³/mol. The number of carbonyl (C=O) groups excluding carboxylic acids is 2. The summed E-state index contributed by atoms with van der Waals surface area (Å²) in [6, 6.07) is 15.9. The van der Waals surface area contributed by atoms with Crippen LogP contribution >= 0.6 is 0 Å². The highest BCUT2D eigenvalue weighted by Gasteiger charge is 2.24. The number of hydrogen-bond donors (Lipinski definition) is 2. The van der Waals surface area contributed by atoms with Crippen molar-refractivity contribution in [1.82, 2.24) is 15.5 Å². The van der Waals surface area contributed by atoms with Crippen LogP contribution in [0.15, 0.2) is 48.5 Å². The lowest BCUT2D eigenvalue weighted by molar-refractivity contribution is 0.0950. The minimum Gasteiger partial charge on any atom is -0.348 e. The van der Waals surface area contributed by atoms with Gasteiger partial charge in [0.2, 0.25) is 0 Å². The molecule has 0 spiro atoms. The molecule has 5 heteroatoms. The van der Waals surface area contributed by atoms with Crippen LogP contribution < -0.4 is 10.6 Å². The van der Waals surface area contributed by atoms with Crippen LogP contribution in [-0.2, 0) is 6.54 Å². The van der Waals surface area contributed by atoms with Gasteiger partial charge in [0.1, 0.15) is 0 Å². The molecule has 0 aromatic heterocycles. The number of urea groups is 1. The Morgan fingerprint density at radius 1 is 1.11 bits per heavy atom. The minimum atomic E-state index is -0.0697. The molecular formula is C23H29N3O2. The van der Waals surface area contributed by atoms with E-state index in [2.05, 4.69) is 22.8 Å². The predicted octanol–water partition coefficient (Wildman–Crippen LogP) is 3.83. The summed E-state index contributed by atoms with van der Waals surface area (Å²) in [6.45, 7) is 6.61. The van der Waals surface area contributed by atoms with Gasteiger partial charge in [-0.15, -0.1) is 0 Å². The molecule has 0 aliphatic carbocycles. The van der Waals surface area contributed by atoms with Gasteiger partial charge in [0.25, 0.3) is 5.91 Å². The van der Waals surface area contributed by atoms with Crippen molar-refractivity contribution < 1.29 is 9.59 Å². The number of aryl methyl sites for hydroxylation is 1. The molecule has 148 valence electrons. The molecule has 3 rings (SSSR count). The van der Waals surface area contributed by atoms with Gasteiger partial charge in [-0.1, -0.05) is 42.0 Å². The summed E-state index contributed by atoms with van der Waals surface area (Å²) >= 11 is 0. The van der Waals surface area contributed by atoms with Crippen LogP contribution in [-0.4, -0.2) is 36.5 Å². The monoisotopic (exact) mass is 379 g/mol. The van der Waals surface area contributed by atoms with Gasteiger partial charge >= 0.3 is 6.03 Å². The van der Waals surface area contributed by atoms with Crippen molar-refractivity contribution in [3.05, 3.63) is 70.8 Å². The molecule has 1 saturated heterocycles. The molecular weight excluding hydrogens is 350 g/mol. The van der Waals surface area contributed by atoms with E-state index in [1.54, 1.807) is 0 Å². The number of amides is 3. The Bertz CT molecular complexity index is 834. The second-order valence-electron chi connectivity index (χ2n) is 7.42. The van der Waals surface area contributed by atoms with Crippen LogP contribution in [0.5, 0.6) is 0 Å². The number of piperidine rings is 1. The molecule has 0 unspecified atom stereocenters. The van der Waals surface area contributed by atoms with Gasteiger partial charge in [-0.25, -0.2) is 4.79 Å². The highest BCUT2D eigenvalue weighted by atomic mass is 16.2. The van der Waals surface area contributed by atoms with Crippen molar-refractivity contribution >= 4 is 11.9 Å². The first-order chi connectivity index (χ1) is 13.6. The van der Waals surface area contributed by atoms with Gasteiger partial charge in [-0.2, -0.15) is 0 Å². The van der Waals surface area contributed by atoms with Crippen molar-refractivity contribution in [1.29, 1.82) is 0 Å². The molecule has 1 aliphatic rings. The molecule has 1 fully saturated rings. The third kappa shape index (κ3) is 5.12. The number of nitrogens with one attached hydrogen (secondary N) is 2. The van der Waals surface area contributed by atoms with Gasteiger partial charge in [0.15, 0.2) is 0 Å². The molecule has 28 heavy (non-hydrogen) atoms. The molecule has 5 nitrogen and oxygen atoms in total. The van der Waals surface area contributed by atoms with Gasteiger partial charge in [-0.3, -0.25) is 4.79 Å². The average molecular weight is 380 g/mol. The summed E-state index contributed by atoms with van der Waals surface area (Å²) in [7, 11) is 0. The second kappa shape index (κ2) is 9.40. The standard InChI is InChI=1S/C23H29N3O2/c1-3-24-23(28)26-12-6-11-21(16-26)19-9-5-10-20(14-19)22(27)25-15-18-8-4-7-17(2)13-18/h4-5,7-10,13-14,21H,3,6,11-12,15-16H2,1-2H3,(H,24,28)(H,25,27)/t21-/m0/s1. The van der Waals surface area contributed by atoms with Gasteiger partial charge < -0.3 is 15.5 Å². The minimum absolute atomic E-state index is 0.000692. The summed E-state index contributed by atoms with van der Waals surface area (Å²) in [4.78, 5) is 26.6. The Morgan fingerprint density at radius 2 is 1.93 bits per heavy atom. The van der Waals surface area contributed by atoms with Crippen LogP contribution in [0.4, 0.5) is 4.79 Å². The lowest BCUT2D eigenvalue weighted by atomic mass is 9.89. The van der Waals surface area contributed by atoms with Crippen LogP contribution in [0.25, 0.3) is 0 Å². The van der Waals surface area contributed by atoms with Gasteiger partial charge in [0.05, 0.1) is 0 Å². The summed E-state index contributed by atoms with van der Waals surface area (Å²) in [6.07, 6.45) is 2.01. The van der Waals surface area contributed by atoms with E-state index in [0.717, 1.165) is 30.5 Å². The van der Waals surface area contributed by atoms with Crippen molar-refractivity contribution in [2.75, 3.05) is 19.6 Å². The number of benzene rings is 2. The topological polar surface area (TPSA) is 61.4 Å². The fourth-order valence-electron chi connectivity index (χ4n) is 3.74. The fourth-order valence-corrected chi connectivity index (χ4v) is 3.74.